The Morgan fingerprint density at radius 1 is 1.52 bits per heavy atom. The molecule has 8 heteroatoms. The van der Waals surface area contributed by atoms with Crippen LogP contribution in [0.3, 0.4) is 0 Å². The maximum absolute atomic E-state index is 12.5. The van der Waals surface area contributed by atoms with Gasteiger partial charge in [-0.25, -0.2) is 9.78 Å². The van der Waals surface area contributed by atoms with Gasteiger partial charge in [-0.1, -0.05) is 0 Å². The number of piperidine rings is 1. The number of rotatable bonds is 5. The fourth-order valence-electron chi connectivity index (χ4n) is 2.66. The molecule has 1 aliphatic heterocycles. The number of H-pyrrole nitrogens is 1. The minimum absolute atomic E-state index is 0.0135. The molecule has 0 saturated carbocycles. The highest BCUT2D eigenvalue weighted by molar-refractivity contribution is 5.74. The first-order valence-corrected chi connectivity index (χ1v) is 7.15. The van der Waals surface area contributed by atoms with Crippen LogP contribution in [0.4, 0.5) is 4.79 Å². The summed E-state index contributed by atoms with van der Waals surface area (Å²) in [5, 5.41) is 15.3. The number of carboxylic acids is 1. The van der Waals surface area contributed by atoms with E-state index in [-0.39, 0.29) is 18.5 Å². The van der Waals surface area contributed by atoms with Crippen LogP contribution in [-0.4, -0.2) is 61.7 Å². The lowest BCUT2D eigenvalue weighted by Crippen LogP contribution is -2.49. The molecule has 2 heterocycles. The average Bonchev–Trinajstić information content (AvgIpc) is 2.97. The van der Waals surface area contributed by atoms with E-state index in [1.165, 1.54) is 6.33 Å². The predicted octanol–water partition coefficient (Wildman–Crippen LogP) is 1.08. The van der Waals surface area contributed by atoms with Crippen molar-refractivity contribution in [3.05, 3.63) is 12.2 Å². The van der Waals surface area contributed by atoms with E-state index < -0.39 is 5.97 Å². The Morgan fingerprint density at radius 2 is 2.33 bits per heavy atom. The number of hydrogen-bond donors (Lipinski definition) is 2. The number of nitrogens with zero attached hydrogens (tertiary/aromatic N) is 4. The highest BCUT2D eigenvalue weighted by atomic mass is 16.4. The summed E-state index contributed by atoms with van der Waals surface area (Å²) in [6.45, 7) is 1.05. The molecular formula is C13H21N5O3. The number of hydrogen-bond acceptors (Lipinski definition) is 4. The summed E-state index contributed by atoms with van der Waals surface area (Å²) in [5.41, 5.74) is 0. The molecular weight excluding hydrogens is 274 g/mol. The van der Waals surface area contributed by atoms with Crippen molar-refractivity contribution in [3.8, 4) is 0 Å². The van der Waals surface area contributed by atoms with Crippen molar-refractivity contribution in [2.45, 2.75) is 44.7 Å². The van der Waals surface area contributed by atoms with Crippen LogP contribution in [0.2, 0.25) is 0 Å². The van der Waals surface area contributed by atoms with Gasteiger partial charge in [0.25, 0.3) is 0 Å². The van der Waals surface area contributed by atoms with Crippen molar-refractivity contribution in [2.24, 2.45) is 0 Å². The number of amides is 2. The van der Waals surface area contributed by atoms with Gasteiger partial charge in [0, 0.05) is 26.1 Å². The summed E-state index contributed by atoms with van der Waals surface area (Å²) in [6.07, 6.45) is 4.89. The zero-order valence-electron chi connectivity index (χ0n) is 12.2. The zero-order chi connectivity index (χ0) is 15.2. The molecule has 0 bridgehead atoms. The number of aliphatic carboxylic acids is 1. The van der Waals surface area contributed by atoms with Crippen LogP contribution < -0.4 is 0 Å². The molecule has 1 unspecified atom stereocenters. The average molecular weight is 295 g/mol. The second-order valence-electron chi connectivity index (χ2n) is 5.35. The maximum Gasteiger partial charge on any atom is 0.320 e. The molecule has 2 rings (SSSR count). The molecule has 21 heavy (non-hydrogen) atoms. The first-order chi connectivity index (χ1) is 10.1. The van der Waals surface area contributed by atoms with Gasteiger partial charge >= 0.3 is 12.0 Å². The van der Waals surface area contributed by atoms with E-state index in [0.29, 0.717) is 25.3 Å². The fraction of sp³-hybridized carbons (Fsp3) is 0.692. The molecule has 1 aromatic rings. The molecule has 2 N–H and O–H groups in total. The van der Waals surface area contributed by atoms with Gasteiger partial charge in [-0.15, -0.1) is 0 Å². The predicted molar refractivity (Wildman–Crippen MR) is 74.5 cm³/mol. The lowest BCUT2D eigenvalue weighted by molar-refractivity contribution is -0.137. The number of carboxylic acid groups (broad SMARTS) is 1. The van der Waals surface area contributed by atoms with Gasteiger partial charge < -0.3 is 14.9 Å². The molecule has 1 fully saturated rings. The lowest BCUT2D eigenvalue weighted by Gasteiger charge is -2.37. The Kier molecular flexibility index (Phi) is 5.13. The third kappa shape index (κ3) is 4.17. The highest BCUT2D eigenvalue weighted by Crippen LogP contribution is 2.22. The first-order valence-electron chi connectivity index (χ1n) is 7.15. The quantitative estimate of drug-likeness (QED) is 0.846. The SMILES string of the molecule is CN(Cc1ncn[nH]1)C(=O)N1CCCCC1CCC(=O)O. The van der Waals surface area contributed by atoms with Crippen molar-refractivity contribution < 1.29 is 14.7 Å². The Bertz CT molecular complexity index is 476. The smallest absolute Gasteiger partial charge is 0.320 e. The molecule has 0 aliphatic carbocycles. The molecule has 0 aromatic carbocycles. The van der Waals surface area contributed by atoms with E-state index in [1.54, 1.807) is 16.8 Å². The van der Waals surface area contributed by atoms with Crippen molar-refractivity contribution in [1.29, 1.82) is 0 Å². The molecule has 0 spiro atoms. The van der Waals surface area contributed by atoms with Crippen LogP contribution in [0.25, 0.3) is 0 Å². The van der Waals surface area contributed by atoms with Crippen molar-refractivity contribution in [2.75, 3.05) is 13.6 Å². The highest BCUT2D eigenvalue weighted by Gasteiger charge is 2.29. The van der Waals surface area contributed by atoms with Crippen molar-refractivity contribution >= 4 is 12.0 Å². The van der Waals surface area contributed by atoms with Gasteiger partial charge in [-0.05, 0) is 25.7 Å². The molecule has 1 aliphatic rings. The Labute approximate surface area is 123 Å². The minimum atomic E-state index is -0.817. The maximum atomic E-state index is 12.5. The number of aromatic amines is 1. The van der Waals surface area contributed by atoms with E-state index in [4.69, 9.17) is 5.11 Å². The standard InChI is InChI=1S/C13H21N5O3/c1-17(8-11-14-9-15-16-11)13(21)18-7-3-2-4-10(18)5-6-12(19)20/h9-10H,2-8H2,1H3,(H,19,20)(H,14,15,16). The molecule has 0 radical (unpaired) electrons. The molecule has 1 saturated heterocycles. The van der Waals surface area contributed by atoms with Crippen LogP contribution in [0.5, 0.6) is 0 Å². The molecule has 1 atom stereocenters. The fourth-order valence-corrected chi connectivity index (χ4v) is 2.66. The molecule has 8 nitrogen and oxygen atoms in total. The summed E-state index contributed by atoms with van der Waals surface area (Å²) in [5.74, 6) is -0.187. The monoisotopic (exact) mass is 295 g/mol. The van der Waals surface area contributed by atoms with Crippen LogP contribution in [0.1, 0.15) is 37.9 Å². The molecule has 1 aromatic heterocycles. The Hall–Kier alpha value is -2.12. The number of carbonyl (C=O) groups excluding carboxylic acids is 1. The van der Waals surface area contributed by atoms with E-state index in [2.05, 4.69) is 15.2 Å². The van der Waals surface area contributed by atoms with E-state index >= 15 is 0 Å². The molecule has 2 amide bonds. The summed E-state index contributed by atoms with van der Waals surface area (Å²) >= 11 is 0. The van der Waals surface area contributed by atoms with Gasteiger partial charge in [-0.3, -0.25) is 9.89 Å². The lowest BCUT2D eigenvalue weighted by atomic mass is 9.98. The summed E-state index contributed by atoms with van der Waals surface area (Å²) in [7, 11) is 1.72. The largest absolute Gasteiger partial charge is 0.481 e. The van der Waals surface area contributed by atoms with Crippen LogP contribution >= 0.6 is 0 Å². The first kappa shape index (κ1) is 15.3. The number of aromatic nitrogens is 3. The normalized spacial score (nSPS) is 18.5. The van der Waals surface area contributed by atoms with Gasteiger partial charge in [0.2, 0.25) is 0 Å². The minimum Gasteiger partial charge on any atom is -0.481 e. The summed E-state index contributed by atoms with van der Waals surface area (Å²) in [4.78, 5) is 30.6. The number of likely N-dealkylation sites (tertiary alicyclic amines) is 1. The Morgan fingerprint density at radius 3 is 3.00 bits per heavy atom. The van der Waals surface area contributed by atoms with Crippen LogP contribution in [0, 0.1) is 0 Å². The topological polar surface area (TPSA) is 102 Å². The number of urea groups is 1. The van der Waals surface area contributed by atoms with Crippen LogP contribution in [0.15, 0.2) is 6.33 Å². The van der Waals surface area contributed by atoms with E-state index in [1.807, 2.05) is 0 Å². The zero-order valence-corrected chi connectivity index (χ0v) is 12.2. The van der Waals surface area contributed by atoms with Gasteiger partial charge in [0.05, 0.1) is 6.54 Å². The van der Waals surface area contributed by atoms with Gasteiger partial charge in [-0.2, -0.15) is 5.10 Å². The summed E-state index contributed by atoms with van der Waals surface area (Å²) < 4.78 is 0. The van der Waals surface area contributed by atoms with Crippen LogP contribution in [-0.2, 0) is 11.3 Å². The van der Waals surface area contributed by atoms with E-state index in [0.717, 1.165) is 19.3 Å². The van der Waals surface area contributed by atoms with Gasteiger partial charge in [0.15, 0.2) is 0 Å². The Balaban J connectivity index is 1.95. The number of carbonyl (C=O) groups is 2. The van der Waals surface area contributed by atoms with Crippen molar-refractivity contribution in [3.63, 3.8) is 0 Å². The number of nitrogens with one attached hydrogen (secondary N) is 1. The second-order valence-corrected chi connectivity index (χ2v) is 5.35. The third-order valence-electron chi connectivity index (χ3n) is 3.74. The van der Waals surface area contributed by atoms with Crippen molar-refractivity contribution in [1.82, 2.24) is 25.0 Å². The summed E-state index contributed by atoms with van der Waals surface area (Å²) in [6, 6.07) is -0.0685. The third-order valence-corrected chi connectivity index (χ3v) is 3.74. The molecule has 116 valence electrons. The van der Waals surface area contributed by atoms with Gasteiger partial charge in [0.1, 0.15) is 12.2 Å². The second kappa shape index (κ2) is 7.05. The van der Waals surface area contributed by atoms with E-state index in [9.17, 15) is 9.59 Å².